The first-order chi connectivity index (χ1) is 9.52. The van der Waals surface area contributed by atoms with Crippen LogP contribution in [-0.4, -0.2) is 32.3 Å². The molecule has 0 aromatic heterocycles. The highest BCUT2D eigenvalue weighted by Crippen LogP contribution is 2.13. The van der Waals surface area contributed by atoms with Gasteiger partial charge in [0.2, 0.25) is 0 Å². The Hall–Kier alpha value is -1.55. The summed E-state index contributed by atoms with van der Waals surface area (Å²) < 4.78 is 10.6. The topological polar surface area (TPSA) is 47.6 Å². The van der Waals surface area contributed by atoms with Crippen LogP contribution >= 0.6 is 0 Å². The molecule has 4 nitrogen and oxygen atoms in total. The van der Waals surface area contributed by atoms with E-state index in [0.717, 1.165) is 12.2 Å². The molecular weight excluding hydrogens is 254 g/mol. The molecule has 0 heterocycles. The lowest BCUT2D eigenvalue weighted by atomic mass is 10.1. The zero-order chi connectivity index (χ0) is 15.0. The smallest absolute Gasteiger partial charge is 0.251 e. The first-order valence-electron chi connectivity index (χ1n) is 7.05. The fourth-order valence-corrected chi connectivity index (χ4v) is 1.71. The van der Waals surface area contributed by atoms with Gasteiger partial charge in [-0.2, -0.15) is 0 Å². The van der Waals surface area contributed by atoms with Crippen LogP contribution in [0.25, 0.3) is 0 Å². The van der Waals surface area contributed by atoms with Crippen molar-refractivity contribution in [1.29, 1.82) is 0 Å². The zero-order valence-corrected chi connectivity index (χ0v) is 12.8. The predicted octanol–water partition coefficient (Wildman–Crippen LogP) is 2.88. The Balaban J connectivity index is 2.47. The normalized spacial score (nSPS) is 12.2. The molecule has 0 bridgehead atoms. The second-order valence-electron chi connectivity index (χ2n) is 5.39. The van der Waals surface area contributed by atoms with Gasteiger partial charge in [-0.15, -0.1) is 0 Å². The number of amides is 1. The first-order valence-corrected chi connectivity index (χ1v) is 7.05. The van der Waals surface area contributed by atoms with Crippen molar-refractivity contribution in [2.75, 3.05) is 20.3 Å². The fraction of sp³-hybridized carbons (Fsp3) is 0.562. The Morgan fingerprint density at radius 3 is 2.40 bits per heavy atom. The molecule has 1 unspecified atom stereocenters. The van der Waals surface area contributed by atoms with Gasteiger partial charge >= 0.3 is 0 Å². The van der Waals surface area contributed by atoms with Gasteiger partial charge in [0.15, 0.2) is 0 Å². The van der Waals surface area contributed by atoms with Crippen LogP contribution in [0.15, 0.2) is 24.3 Å². The van der Waals surface area contributed by atoms with Crippen LogP contribution in [0.2, 0.25) is 0 Å². The summed E-state index contributed by atoms with van der Waals surface area (Å²) in [6.07, 6.45) is 1.02. The van der Waals surface area contributed by atoms with Crippen molar-refractivity contribution >= 4 is 5.91 Å². The average molecular weight is 279 g/mol. The van der Waals surface area contributed by atoms with Gasteiger partial charge in [-0.1, -0.05) is 13.8 Å². The van der Waals surface area contributed by atoms with Crippen molar-refractivity contribution < 1.29 is 14.3 Å². The minimum Gasteiger partial charge on any atom is -0.494 e. The van der Waals surface area contributed by atoms with Gasteiger partial charge in [0, 0.05) is 18.7 Å². The van der Waals surface area contributed by atoms with Crippen molar-refractivity contribution in [3.8, 4) is 5.75 Å². The maximum atomic E-state index is 11.9. The van der Waals surface area contributed by atoms with E-state index >= 15 is 0 Å². The van der Waals surface area contributed by atoms with E-state index in [0.29, 0.717) is 24.7 Å². The third-order valence-electron chi connectivity index (χ3n) is 2.87. The minimum atomic E-state index is -0.0942. The minimum absolute atomic E-state index is 0.00512. The molecule has 4 heteroatoms. The molecule has 0 saturated heterocycles. The van der Waals surface area contributed by atoms with Crippen LogP contribution < -0.4 is 10.1 Å². The van der Waals surface area contributed by atoms with Crippen molar-refractivity contribution in [3.63, 3.8) is 0 Å². The lowest BCUT2D eigenvalue weighted by Gasteiger charge is -2.13. The Morgan fingerprint density at radius 2 is 1.85 bits per heavy atom. The van der Waals surface area contributed by atoms with E-state index in [2.05, 4.69) is 19.2 Å². The van der Waals surface area contributed by atoms with E-state index in [1.54, 1.807) is 19.2 Å². The van der Waals surface area contributed by atoms with Crippen LogP contribution in [0.5, 0.6) is 5.75 Å². The molecule has 1 rings (SSSR count). The number of rotatable bonds is 8. The lowest BCUT2D eigenvalue weighted by Crippen LogP contribution is -2.35. The highest BCUT2D eigenvalue weighted by atomic mass is 16.5. The van der Waals surface area contributed by atoms with Gasteiger partial charge in [0.05, 0.1) is 13.2 Å². The number of carbonyl (C=O) groups excluding carboxylic acids is 1. The van der Waals surface area contributed by atoms with Crippen LogP contribution in [0, 0.1) is 5.92 Å². The maximum Gasteiger partial charge on any atom is 0.251 e. The monoisotopic (exact) mass is 279 g/mol. The number of hydrogen-bond acceptors (Lipinski definition) is 3. The van der Waals surface area contributed by atoms with Crippen LogP contribution in [-0.2, 0) is 4.74 Å². The summed E-state index contributed by atoms with van der Waals surface area (Å²) in [4.78, 5) is 11.9. The molecule has 0 saturated carbocycles. The van der Waals surface area contributed by atoms with E-state index in [1.807, 2.05) is 19.1 Å². The SMILES string of the molecule is COCC(C)NC(=O)c1ccc(OCCC(C)C)cc1. The molecule has 0 aliphatic heterocycles. The van der Waals surface area contributed by atoms with Gasteiger partial charge in [-0.25, -0.2) is 0 Å². The van der Waals surface area contributed by atoms with Crippen LogP contribution in [0.4, 0.5) is 0 Å². The molecule has 1 aromatic rings. The summed E-state index contributed by atoms with van der Waals surface area (Å²) in [6.45, 7) is 7.44. The Labute approximate surface area is 121 Å². The number of methoxy groups -OCH3 is 1. The number of nitrogens with one attached hydrogen (secondary N) is 1. The number of ether oxygens (including phenoxy) is 2. The molecule has 112 valence electrons. The molecular formula is C16H25NO3. The Morgan fingerprint density at radius 1 is 1.20 bits per heavy atom. The van der Waals surface area contributed by atoms with Gasteiger partial charge < -0.3 is 14.8 Å². The molecule has 0 spiro atoms. The zero-order valence-electron chi connectivity index (χ0n) is 12.8. The van der Waals surface area contributed by atoms with Crippen molar-refractivity contribution in [2.24, 2.45) is 5.92 Å². The molecule has 0 aliphatic carbocycles. The number of benzene rings is 1. The van der Waals surface area contributed by atoms with E-state index in [4.69, 9.17) is 9.47 Å². The molecule has 1 aromatic carbocycles. The van der Waals surface area contributed by atoms with Crippen molar-refractivity contribution in [2.45, 2.75) is 33.2 Å². The summed E-state index contributed by atoms with van der Waals surface area (Å²) in [6, 6.07) is 7.21. The van der Waals surface area contributed by atoms with E-state index in [1.165, 1.54) is 0 Å². The average Bonchev–Trinajstić information content (AvgIpc) is 2.39. The quantitative estimate of drug-likeness (QED) is 0.796. The van der Waals surface area contributed by atoms with Gasteiger partial charge in [-0.05, 0) is 43.5 Å². The lowest BCUT2D eigenvalue weighted by molar-refractivity contribution is 0.0905. The second-order valence-corrected chi connectivity index (χ2v) is 5.39. The summed E-state index contributed by atoms with van der Waals surface area (Å²) >= 11 is 0. The van der Waals surface area contributed by atoms with Gasteiger partial charge in [-0.3, -0.25) is 4.79 Å². The van der Waals surface area contributed by atoms with Crippen molar-refractivity contribution in [3.05, 3.63) is 29.8 Å². The molecule has 1 atom stereocenters. The van der Waals surface area contributed by atoms with Gasteiger partial charge in [0.25, 0.3) is 5.91 Å². The molecule has 0 fully saturated rings. The largest absolute Gasteiger partial charge is 0.494 e. The second kappa shape index (κ2) is 8.59. The van der Waals surface area contributed by atoms with Crippen LogP contribution in [0.3, 0.4) is 0 Å². The molecule has 20 heavy (non-hydrogen) atoms. The summed E-state index contributed by atoms with van der Waals surface area (Å²) in [5.41, 5.74) is 0.629. The molecule has 1 amide bonds. The summed E-state index contributed by atoms with van der Waals surface area (Å²) in [7, 11) is 1.62. The maximum absolute atomic E-state index is 11.9. The fourth-order valence-electron chi connectivity index (χ4n) is 1.71. The molecule has 0 aliphatic rings. The Bertz CT molecular complexity index is 401. The standard InChI is InChI=1S/C16H25NO3/c1-12(2)9-10-20-15-7-5-14(6-8-15)16(18)17-13(3)11-19-4/h5-8,12-13H,9-11H2,1-4H3,(H,17,18). The van der Waals surface area contributed by atoms with Crippen molar-refractivity contribution in [1.82, 2.24) is 5.32 Å². The third kappa shape index (κ3) is 6.06. The first kappa shape index (κ1) is 16.5. The predicted molar refractivity (Wildman–Crippen MR) is 80.2 cm³/mol. The van der Waals surface area contributed by atoms with E-state index < -0.39 is 0 Å². The highest BCUT2D eigenvalue weighted by Gasteiger charge is 2.09. The molecule has 0 radical (unpaired) electrons. The van der Waals surface area contributed by atoms with Gasteiger partial charge in [0.1, 0.15) is 5.75 Å². The third-order valence-corrected chi connectivity index (χ3v) is 2.87. The Kier molecular flexibility index (Phi) is 7.09. The number of carbonyl (C=O) groups is 1. The van der Waals surface area contributed by atoms with E-state index in [9.17, 15) is 4.79 Å². The molecule has 1 N–H and O–H groups in total. The number of hydrogen-bond donors (Lipinski definition) is 1. The van der Waals surface area contributed by atoms with E-state index in [-0.39, 0.29) is 11.9 Å². The summed E-state index contributed by atoms with van der Waals surface area (Å²) in [5.74, 6) is 1.33. The highest BCUT2D eigenvalue weighted by molar-refractivity contribution is 5.94. The summed E-state index contributed by atoms with van der Waals surface area (Å²) in [5, 5.41) is 2.87. The van der Waals surface area contributed by atoms with Crippen LogP contribution in [0.1, 0.15) is 37.6 Å².